The van der Waals surface area contributed by atoms with Crippen LogP contribution in [-0.2, 0) is 9.53 Å². The normalized spacial score (nSPS) is 19.7. The summed E-state index contributed by atoms with van der Waals surface area (Å²) < 4.78 is 11.2. The Labute approximate surface area is 164 Å². The third-order valence-electron chi connectivity index (χ3n) is 5.31. The second-order valence-corrected chi connectivity index (χ2v) is 7.11. The van der Waals surface area contributed by atoms with Gasteiger partial charge in [0.2, 0.25) is 0 Å². The van der Waals surface area contributed by atoms with Crippen LogP contribution in [0.5, 0.6) is 5.75 Å². The third-order valence-corrected chi connectivity index (χ3v) is 5.31. The quantitative estimate of drug-likeness (QED) is 0.741. The summed E-state index contributed by atoms with van der Waals surface area (Å²) in [4.78, 5) is 29.2. The van der Waals surface area contributed by atoms with Gasteiger partial charge in [0.1, 0.15) is 5.75 Å². The van der Waals surface area contributed by atoms with Crippen molar-refractivity contribution in [3.63, 3.8) is 0 Å². The number of amides is 1. The highest BCUT2D eigenvalue weighted by atomic mass is 16.5. The Balaban J connectivity index is 1.30. The van der Waals surface area contributed by atoms with E-state index < -0.39 is 0 Å². The van der Waals surface area contributed by atoms with Crippen LogP contribution < -0.4 is 4.74 Å². The number of piperazine rings is 1. The average molecular weight is 380 g/mol. The second kappa shape index (κ2) is 8.54. The highest BCUT2D eigenvalue weighted by molar-refractivity contribution is 6.08. The Morgan fingerprint density at radius 2 is 1.71 bits per heavy atom. The number of ether oxygens (including phenoxy) is 2. The van der Waals surface area contributed by atoms with Crippen LogP contribution in [0.1, 0.15) is 15.9 Å². The van der Waals surface area contributed by atoms with Crippen LogP contribution in [0.4, 0.5) is 0 Å². The largest absolute Gasteiger partial charge is 0.484 e. The van der Waals surface area contributed by atoms with Crippen molar-refractivity contribution in [1.29, 1.82) is 0 Å². The van der Waals surface area contributed by atoms with Gasteiger partial charge in [0.15, 0.2) is 12.4 Å². The zero-order chi connectivity index (χ0) is 19.3. The molecule has 0 radical (unpaired) electrons. The van der Waals surface area contributed by atoms with Crippen molar-refractivity contribution in [2.24, 2.45) is 0 Å². The predicted molar refractivity (Wildman–Crippen MR) is 105 cm³/mol. The van der Waals surface area contributed by atoms with E-state index in [0.29, 0.717) is 30.0 Å². The summed E-state index contributed by atoms with van der Waals surface area (Å²) in [6.07, 6.45) is 0. The SMILES string of the molecule is O=C(c1ccccc1)c1ccc(OCC(=O)N2CCN3CCOCC3C2)cc1. The lowest BCUT2D eigenvalue weighted by atomic mass is 10.0. The maximum absolute atomic E-state index is 12.5. The highest BCUT2D eigenvalue weighted by Gasteiger charge is 2.31. The maximum atomic E-state index is 12.5. The van der Waals surface area contributed by atoms with E-state index in [1.807, 2.05) is 23.1 Å². The molecule has 28 heavy (non-hydrogen) atoms. The zero-order valence-corrected chi connectivity index (χ0v) is 15.8. The summed E-state index contributed by atoms with van der Waals surface area (Å²) in [6.45, 7) is 4.70. The molecule has 2 heterocycles. The van der Waals surface area contributed by atoms with Gasteiger partial charge in [-0.05, 0) is 24.3 Å². The fourth-order valence-corrected chi connectivity index (χ4v) is 3.67. The topological polar surface area (TPSA) is 59.1 Å². The minimum absolute atomic E-state index is 0.000441. The third kappa shape index (κ3) is 4.24. The molecule has 2 fully saturated rings. The Hall–Kier alpha value is -2.70. The Morgan fingerprint density at radius 1 is 0.964 bits per heavy atom. The summed E-state index contributed by atoms with van der Waals surface area (Å²) in [5, 5.41) is 0. The van der Waals surface area contributed by atoms with Crippen molar-refractivity contribution in [3.05, 3.63) is 65.7 Å². The van der Waals surface area contributed by atoms with Gasteiger partial charge in [-0.2, -0.15) is 0 Å². The molecule has 0 saturated carbocycles. The fourth-order valence-electron chi connectivity index (χ4n) is 3.67. The molecule has 2 aromatic carbocycles. The van der Waals surface area contributed by atoms with Crippen LogP contribution in [0.15, 0.2) is 54.6 Å². The highest BCUT2D eigenvalue weighted by Crippen LogP contribution is 2.17. The summed E-state index contributed by atoms with van der Waals surface area (Å²) in [6, 6.07) is 16.4. The van der Waals surface area contributed by atoms with Crippen LogP contribution in [0.2, 0.25) is 0 Å². The molecule has 0 aliphatic carbocycles. The van der Waals surface area contributed by atoms with E-state index in [4.69, 9.17) is 9.47 Å². The van der Waals surface area contributed by atoms with Gasteiger partial charge in [0.05, 0.1) is 19.3 Å². The number of carbonyl (C=O) groups is 2. The Kier molecular flexibility index (Phi) is 5.69. The van der Waals surface area contributed by atoms with E-state index in [-0.39, 0.29) is 24.3 Å². The van der Waals surface area contributed by atoms with Gasteiger partial charge >= 0.3 is 0 Å². The zero-order valence-electron chi connectivity index (χ0n) is 15.8. The first-order chi connectivity index (χ1) is 13.7. The lowest BCUT2D eigenvalue weighted by Gasteiger charge is -2.43. The van der Waals surface area contributed by atoms with Crippen LogP contribution in [-0.4, -0.2) is 73.5 Å². The minimum Gasteiger partial charge on any atom is -0.484 e. The number of nitrogens with zero attached hydrogens (tertiary/aromatic N) is 2. The fraction of sp³-hybridized carbons (Fsp3) is 0.364. The maximum Gasteiger partial charge on any atom is 0.260 e. The molecule has 2 aliphatic heterocycles. The first kappa shape index (κ1) is 18.7. The second-order valence-electron chi connectivity index (χ2n) is 7.11. The van der Waals surface area contributed by atoms with Gasteiger partial charge < -0.3 is 14.4 Å². The lowest BCUT2D eigenvalue weighted by Crippen LogP contribution is -2.59. The molecule has 0 aromatic heterocycles. The number of morpholine rings is 1. The molecule has 1 atom stereocenters. The predicted octanol–water partition coefficient (Wildman–Crippen LogP) is 1.84. The molecule has 6 heteroatoms. The van der Waals surface area contributed by atoms with E-state index >= 15 is 0 Å². The van der Waals surface area contributed by atoms with E-state index in [0.717, 1.165) is 26.2 Å². The van der Waals surface area contributed by atoms with Crippen LogP contribution in [0.25, 0.3) is 0 Å². The van der Waals surface area contributed by atoms with Gasteiger partial charge in [-0.1, -0.05) is 30.3 Å². The molecule has 1 amide bonds. The van der Waals surface area contributed by atoms with Gasteiger partial charge in [-0.3, -0.25) is 14.5 Å². The number of benzene rings is 2. The van der Waals surface area contributed by atoms with Gasteiger partial charge in [0.25, 0.3) is 5.91 Å². The van der Waals surface area contributed by atoms with Gasteiger partial charge in [0, 0.05) is 37.3 Å². The lowest BCUT2D eigenvalue weighted by molar-refractivity contribution is -0.139. The van der Waals surface area contributed by atoms with E-state index in [2.05, 4.69) is 4.90 Å². The summed E-state index contributed by atoms with van der Waals surface area (Å²) in [5.41, 5.74) is 1.25. The van der Waals surface area contributed by atoms with Gasteiger partial charge in [-0.25, -0.2) is 0 Å². The molecule has 2 saturated heterocycles. The molecule has 1 unspecified atom stereocenters. The van der Waals surface area contributed by atoms with Crippen molar-refractivity contribution in [2.45, 2.75) is 6.04 Å². The summed E-state index contributed by atoms with van der Waals surface area (Å²) >= 11 is 0. The van der Waals surface area contributed by atoms with Crippen molar-refractivity contribution in [2.75, 3.05) is 46.0 Å². The molecule has 2 aliphatic rings. The van der Waals surface area contributed by atoms with E-state index in [1.165, 1.54) is 0 Å². The van der Waals surface area contributed by atoms with E-state index in [9.17, 15) is 9.59 Å². The van der Waals surface area contributed by atoms with Crippen LogP contribution >= 0.6 is 0 Å². The molecule has 0 N–H and O–H groups in total. The number of fused-ring (bicyclic) bond motifs is 1. The van der Waals surface area contributed by atoms with Crippen LogP contribution in [0, 0.1) is 0 Å². The molecular weight excluding hydrogens is 356 g/mol. The molecule has 2 aromatic rings. The number of rotatable bonds is 5. The number of hydrogen-bond acceptors (Lipinski definition) is 5. The van der Waals surface area contributed by atoms with Crippen molar-refractivity contribution >= 4 is 11.7 Å². The Morgan fingerprint density at radius 3 is 2.50 bits per heavy atom. The van der Waals surface area contributed by atoms with Crippen LogP contribution in [0.3, 0.4) is 0 Å². The smallest absolute Gasteiger partial charge is 0.260 e. The standard InChI is InChI=1S/C22H24N2O4/c25-21(24-11-10-23-12-13-27-15-19(23)14-24)16-28-20-8-6-18(7-9-20)22(26)17-4-2-1-3-5-17/h1-9,19H,10-16H2. The number of hydrogen-bond donors (Lipinski definition) is 0. The van der Waals surface area contributed by atoms with Crippen molar-refractivity contribution in [1.82, 2.24) is 9.80 Å². The molecule has 4 rings (SSSR count). The minimum atomic E-state index is -0.0317. The van der Waals surface area contributed by atoms with Crippen molar-refractivity contribution < 1.29 is 19.1 Å². The molecule has 0 bridgehead atoms. The summed E-state index contributed by atoms with van der Waals surface area (Å²) in [7, 11) is 0. The average Bonchev–Trinajstić information content (AvgIpc) is 2.77. The molecule has 0 spiro atoms. The summed E-state index contributed by atoms with van der Waals surface area (Å²) in [5.74, 6) is 0.531. The first-order valence-electron chi connectivity index (χ1n) is 9.63. The Bertz CT molecular complexity index is 822. The number of carbonyl (C=O) groups excluding carboxylic acids is 2. The number of ketones is 1. The van der Waals surface area contributed by atoms with E-state index in [1.54, 1.807) is 36.4 Å². The van der Waals surface area contributed by atoms with Gasteiger partial charge in [-0.15, -0.1) is 0 Å². The molecular formula is C22H24N2O4. The van der Waals surface area contributed by atoms with Crippen molar-refractivity contribution in [3.8, 4) is 5.75 Å². The molecule has 146 valence electrons. The first-order valence-corrected chi connectivity index (χ1v) is 9.63. The monoisotopic (exact) mass is 380 g/mol. The molecule has 6 nitrogen and oxygen atoms in total.